The minimum Gasteiger partial charge on any atom is -0.457 e. The van der Waals surface area contributed by atoms with Gasteiger partial charge in [-0.25, -0.2) is 0 Å². The monoisotopic (exact) mass is 401 g/mol. The number of benzene rings is 2. The van der Waals surface area contributed by atoms with Crippen molar-refractivity contribution in [3.8, 4) is 11.5 Å². The minimum absolute atomic E-state index is 0.0458. The second-order valence-corrected chi connectivity index (χ2v) is 7.80. The Hall–Kier alpha value is -2.08. The van der Waals surface area contributed by atoms with Gasteiger partial charge in [-0.2, -0.15) is 0 Å². The molecule has 1 fully saturated rings. The first-order chi connectivity index (χ1) is 13.5. The van der Waals surface area contributed by atoms with Crippen molar-refractivity contribution in [2.24, 2.45) is 0 Å². The molecule has 1 saturated heterocycles. The summed E-state index contributed by atoms with van der Waals surface area (Å²) >= 11 is 5.97. The number of halogens is 1. The fraction of sp³-hybridized carbons (Fsp3) is 0.409. The molecule has 1 unspecified atom stereocenters. The lowest BCUT2D eigenvalue weighted by Gasteiger charge is -2.36. The molecule has 5 nitrogen and oxygen atoms in total. The van der Waals surface area contributed by atoms with Crippen molar-refractivity contribution in [2.75, 3.05) is 38.5 Å². The molecule has 150 valence electrons. The predicted octanol–water partition coefficient (Wildman–Crippen LogP) is 4.49. The maximum atomic E-state index is 12.3. The van der Waals surface area contributed by atoms with Crippen LogP contribution in [0.5, 0.6) is 11.5 Å². The van der Waals surface area contributed by atoms with E-state index in [1.165, 1.54) is 0 Å². The van der Waals surface area contributed by atoms with E-state index in [2.05, 4.69) is 29.1 Å². The van der Waals surface area contributed by atoms with Crippen molar-refractivity contribution in [3.63, 3.8) is 0 Å². The summed E-state index contributed by atoms with van der Waals surface area (Å²) < 4.78 is 5.77. The number of ether oxygens (including phenoxy) is 1. The topological polar surface area (TPSA) is 44.8 Å². The number of piperazine rings is 1. The molecule has 3 rings (SSSR count). The van der Waals surface area contributed by atoms with Crippen LogP contribution >= 0.6 is 11.6 Å². The zero-order valence-corrected chi connectivity index (χ0v) is 17.3. The number of hydrogen-bond acceptors (Lipinski definition) is 4. The van der Waals surface area contributed by atoms with Crippen LogP contribution in [0.3, 0.4) is 0 Å². The third-order valence-electron chi connectivity index (χ3n) is 5.12. The molecule has 1 N–H and O–H groups in total. The summed E-state index contributed by atoms with van der Waals surface area (Å²) in [6.07, 6.45) is 1.39. The highest BCUT2D eigenvalue weighted by Gasteiger charge is 2.19. The van der Waals surface area contributed by atoms with Crippen molar-refractivity contribution in [1.29, 1.82) is 0 Å². The number of anilines is 1. The molecule has 1 aliphatic heterocycles. The molecule has 1 amide bonds. The number of amides is 1. The summed E-state index contributed by atoms with van der Waals surface area (Å²) in [5, 5.41) is 3.60. The summed E-state index contributed by atoms with van der Waals surface area (Å²) in [6.45, 7) is 6.56. The molecule has 28 heavy (non-hydrogen) atoms. The predicted molar refractivity (Wildman–Crippen MR) is 114 cm³/mol. The van der Waals surface area contributed by atoms with E-state index in [1.54, 1.807) is 12.1 Å². The normalized spacial score (nSPS) is 16.5. The largest absolute Gasteiger partial charge is 0.457 e. The molecule has 1 aliphatic rings. The Kier molecular flexibility index (Phi) is 7.31. The molecule has 0 saturated carbocycles. The molecular formula is C22H28ClN3O2. The van der Waals surface area contributed by atoms with Crippen LogP contribution in [0.2, 0.25) is 5.02 Å². The van der Waals surface area contributed by atoms with E-state index >= 15 is 0 Å². The van der Waals surface area contributed by atoms with Gasteiger partial charge in [0.1, 0.15) is 11.5 Å². The Bertz CT molecular complexity index is 774. The summed E-state index contributed by atoms with van der Waals surface area (Å²) in [7, 11) is 2.15. The number of nitrogens with one attached hydrogen (secondary N) is 1. The summed E-state index contributed by atoms with van der Waals surface area (Å²) in [5.41, 5.74) is 0.774. The number of hydrogen-bond donors (Lipinski definition) is 1. The van der Waals surface area contributed by atoms with E-state index in [9.17, 15) is 4.79 Å². The van der Waals surface area contributed by atoms with Gasteiger partial charge in [0.05, 0.1) is 0 Å². The molecular weight excluding hydrogens is 374 g/mol. The number of carbonyl (C=O) groups is 1. The van der Waals surface area contributed by atoms with Crippen LogP contribution in [-0.4, -0.2) is 55.0 Å². The zero-order chi connectivity index (χ0) is 19.9. The molecule has 0 spiro atoms. The third-order valence-corrected chi connectivity index (χ3v) is 5.36. The summed E-state index contributed by atoms with van der Waals surface area (Å²) in [4.78, 5) is 17.1. The van der Waals surface area contributed by atoms with Gasteiger partial charge in [-0.1, -0.05) is 17.7 Å². The Labute approximate surface area is 172 Å². The number of carbonyl (C=O) groups excluding carboxylic acids is 1. The van der Waals surface area contributed by atoms with Gasteiger partial charge in [-0.15, -0.1) is 0 Å². The molecule has 6 heteroatoms. The lowest BCUT2D eigenvalue weighted by molar-refractivity contribution is -0.116. The molecule has 0 aromatic heterocycles. The first-order valence-electron chi connectivity index (χ1n) is 9.75. The molecule has 0 bridgehead atoms. The van der Waals surface area contributed by atoms with Gasteiger partial charge in [-0.3, -0.25) is 9.69 Å². The Morgan fingerprint density at radius 1 is 1.11 bits per heavy atom. The van der Waals surface area contributed by atoms with Gasteiger partial charge in [-0.05, 0) is 62.9 Å². The van der Waals surface area contributed by atoms with Crippen molar-refractivity contribution in [1.82, 2.24) is 9.80 Å². The van der Waals surface area contributed by atoms with E-state index in [1.807, 2.05) is 36.4 Å². The van der Waals surface area contributed by atoms with E-state index in [-0.39, 0.29) is 5.91 Å². The lowest BCUT2D eigenvalue weighted by Crippen LogP contribution is -2.48. The number of rotatable bonds is 7. The van der Waals surface area contributed by atoms with Crippen LogP contribution in [0.15, 0.2) is 48.5 Å². The van der Waals surface area contributed by atoms with Crippen LogP contribution in [0.1, 0.15) is 19.8 Å². The molecule has 0 aliphatic carbocycles. The minimum atomic E-state index is 0.0458. The average Bonchev–Trinajstić information content (AvgIpc) is 2.68. The molecule has 2 aromatic rings. The van der Waals surface area contributed by atoms with Crippen molar-refractivity contribution < 1.29 is 9.53 Å². The van der Waals surface area contributed by atoms with Crippen molar-refractivity contribution in [3.05, 3.63) is 53.6 Å². The van der Waals surface area contributed by atoms with E-state index in [0.29, 0.717) is 29.0 Å². The Morgan fingerprint density at radius 3 is 2.50 bits per heavy atom. The van der Waals surface area contributed by atoms with Gasteiger partial charge in [0.25, 0.3) is 0 Å². The first kappa shape index (κ1) is 20.6. The standard InChI is InChI=1S/C22H28ClN3O2/c1-17(26-14-12-25(2)13-15-26)6-11-22(27)24-19-7-9-20(10-8-19)28-21-5-3-4-18(23)16-21/h3-5,7-10,16-17H,6,11-15H2,1-2H3,(H,24,27). The van der Waals surface area contributed by atoms with Gasteiger partial charge in [0.15, 0.2) is 0 Å². The second-order valence-electron chi connectivity index (χ2n) is 7.36. The smallest absolute Gasteiger partial charge is 0.224 e. The fourth-order valence-corrected chi connectivity index (χ4v) is 3.46. The highest BCUT2D eigenvalue weighted by molar-refractivity contribution is 6.30. The van der Waals surface area contributed by atoms with Gasteiger partial charge in [0.2, 0.25) is 5.91 Å². The summed E-state index contributed by atoms with van der Waals surface area (Å²) in [6, 6.07) is 15.1. The quantitative estimate of drug-likeness (QED) is 0.742. The molecule has 1 heterocycles. The highest BCUT2D eigenvalue weighted by Crippen LogP contribution is 2.25. The average molecular weight is 402 g/mol. The van der Waals surface area contributed by atoms with E-state index < -0.39 is 0 Å². The summed E-state index contributed by atoms with van der Waals surface area (Å²) in [5.74, 6) is 1.43. The van der Waals surface area contributed by atoms with Crippen molar-refractivity contribution in [2.45, 2.75) is 25.8 Å². The van der Waals surface area contributed by atoms with Gasteiger partial charge < -0.3 is 15.0 Å². The number of nitrogens with zero attached hydrogens (tertiary/aromatic N) is 2. The molecule has 2 aromatic carbocycles. The lowest BCUT2D eigenvalue weighted by atomic mass is 10.1. The second kappa shape index (κ2) is 9.92. The maximum absolute atomic E-state index is 12.3. The maximum Gasteiger partial charge on any atom is 0.224 e. The van der Waals surface area contributed by atoms with Crippen LogP contribution in [0.25, 0.3) is 0 Å². The number of likely N-dealkylation sites (N-methyl/N-ethyl adjacent to an activating group) is 1. The van der Waals surface area contributed by atoms with E-state index in [4.69, 9.17) is 16.3 Å². The SMILES string of the molecule is CC(CCC(=O)Nc1ccc(Oc2cccc(Cl)c2)cc1)N1CCN(C)CC1. The third kappa shape index (κ3) is 6.23. The van der Waals surface area contributed by atoms with Crippen LogP contribution in [-0.2, 0) is 4.79 Å². The molecule has 1 atom stereocenters. The van der Waals surface area contributed by atoms with Crippen LogP contribution < -0.4 is 10.1 Å². The van der Waals surface area contributed by atoms with E-state index in [0.717, 1.165) is 38.3 Å². The Morgan fingerprint density at radius 2 is 1.82 bits per heavy atom. The molecule has 0 radical (unpaired) electrons. The Balaban J connectivity index is 1.44. The fourth-order valence-electron chi connectivity index (χ4n) is 3.28. The van der Waals surface area contributed by atoms with Crippen LogP contribution in [0, 0.1) is 0 Å². The van der Waals surface area contributed by atoms with Gasteiger partial charge >= 0.3 is 0 Å². The van der Waals surface area contributed by atoms with Crippen LogP contribution in [0.4, 0.5) is 5.69 Å². The highest BCUT2D eigenvalue weighted by atomic mass is 35.5. The van der Waals surface area contributed by atoms with Gasteiger partial charge in [0, 0.05) is 49.4 Å². The van der Waals surface area contributed by atoms with Crippen molar-refractivity contribution >= 4 is 23.2 Å². The first-order valence-corrected chi connectivity index (χ1v) is 10.1. The zero-order valence-electron chi connectivity index (χ0n) is 16.5.